The topological polar surface area (TPSA) is 167 Å². The summed E-state index contributed by atoms with van der Waals surface area (Å²) in [4.78, 5) is 4.58. The van der Waals surface area contributed by atoms with Gasteiger partial charge in [-0.15, -0.1) is 21.5 Å². The van der Waals surface area contributed by atoms with Crippen LogP contribution >= 0.6 is 11.3 Å². The van der Waals surface area contributed by atoms with Crippen molar-refractivity contribution in [3.8, 4) is 11.1 Å². The molecule has 1 atom stereocenters. The van der Waals surface area contributed by atoms with Gasteiger partial charge in [-0.3, -0.25) is 0 Å². The molecule has 0 aliphatic heterocycles. The minimum atomic E-state index is -4.09. The molecule has 0 radical (unpaired) electrons. The zero-order valence-corrected chi connectivity index (χ0v) is 24.0. The highest BCUT2D eigenvalue weighted by Crippen LogP contribution is 2.38. The van der Waals surface area contributed by atoms with Crippen LogP contribution in [0.3, 0.4) is 0 Å². The fourth-order valence-electron chi connectivity index (χ4n) is 4.11. The lowest BCUT2D eigenvalue weighted by atomic mass is 10.0. The average molecular weight is 634 g/mol. The van der Waals surface area contributed by atoms with Gasteiger partial charge in [0.2, 0.25) is 11.8 Å². The van der Waals surface area contributed by atoms with Crippen molar-refractivity contribution < 1.29 is 30.4 Å². The monoisotopic (exact) mass is 633 g/mol. The van der Waals surface area contributed by atoms with E-state index in [0.29, 0.717) is 17.7 Å². The smallest absolute Gasteiger partial charge is 0.274 e. The number of hydrogen-bond acceptors (Lipinski definition) is 10. The molecule has 222 valence electrons. The zero-order chi connectivity index (χ0) is 29.2. The van der Waals surface area contributed by atoms with Crippen LogP contribution < -0.4 is 9.86 Å². The number of nitrogens with one attached hydrogen (secondary N) is 1. The second kappa shape index (κ2) is 12.7. The number of fused-ring (bicyclic) bond motifs is 1. The molecule has 42 heavy (non-hydrogen) atoms. The van der Waals surface area contributed by atoms with Gasteiger partial charge in [-0.2, -0.15) is 13.1 Å². The maximum absolute atomic E-state index is 13.8. The second-order valence-electron chi connectivity index (χ2n) is 9.08. The molecule has 0 amide bonds. The molecular formula is C27H28FN5O6S3. The Balaban J connectivity index is 0.00000405. The molecule has 11 nitrogen and oxygen atoms in total. The number of sulfone groups is 1. The van der Waals surface area contributed by atoms with Gasteiger partial charge >= 0.3 is 0 Å². The Bertz CT molecular complexity index is 1890. The molecule has 2 aromatic heterocycles. The van der Waals surface area contributed by atoms with Crippen LogP contribution in [-0.4, -0.2) is 39.1 Å². The molecule has 15 heteroatoms. The molecule has 3 N–H and O–H groups in total. The fourth-order valence-corrected chi connectivity index (χ4v) is 7.59. The van der Waals surface area contributed by atoms with Crippen LogP contribution in [-0.2, 0) is 43.7 Å². The van der Waals surface area contributed by atoms with Crippen LogP contribution in [0.4, 0.5) is 4.39 Å². The highest BCUT2D eigenvalue weighted by atomic mass is 32.2. The van der Waals surface area contributed by atoms with Crippen molar-refractivity contribution in [1.29, 1.82) is 0 Å². The van der Waals surface area contributed by atoms with E-state index in [0.717, 1.165) is 32.7 Å². The molecule has 0 spiro atoms. The maximum atomic E-state index is 13.8. The summed E-state index contributed by atoms with van der Waals surface area (Å²) < 4.78 is 77.0. The average Bonchev–Trinajstić information content (AvgIpc) is 3.55. The molecule has 0 bridgehead atoms. The van der Waals surface area contributed by atoms with E-state index in [1.807, 2.05) is 41.1 Å². The lowest BCUT2D eigenvalue weighted by Crippen LogP contribution is -2.30. The van der Waals surface area contributed by atoms with Gasteiger partial charge in [-0.05, 0) is 46.5 Å². The van der Waals surface area contributed by atoms with Gasteiger partial charge in [0.1, 0.15) is 10.8 Å². The summed E-state index contributed by atoms with van der Waals surface area (Å²) in [7, 11) is -6.51. The summed E-state index contributed by atoms with van der Waals surface area (Å²) in [5.41, 5.74) is 3.84. The van der Waals surface area contributed by atoms with Gasteiger partial charge < -0.3 is 9.15 Å². The Morgan fingerprint density at radius 1 is 0.976 bits per heavy atom. The first-order chi connectivity index (χ1) is 19.5. The molecule has 0 aliphatic rings. The van der Waals surface area contributed by atoms with Crippen LogP contribution in [0.2, 0.25) is 0 Å². The predicted octanol–water partition coefficient (Wildman–Crippen LogP) is 4.27. The third-order valence-corrected chi connectivity index (χ3v) is 9.66. The van der Waals surface area contributed by atoms with Crippen molar-refractivity contribution in [3.63, 3.8) is 0 Å². The number of benzene rings is 3. The van der Waals surface area contributed by atoms with Gasteiger partial charge in [0, 0.05) is 7.11 Å². The number of nitrogens with two attached hydrogens (primary N) is 1. The number of hydrogen-bond donors (Lipinski definition) is 2. The van der Waals surface area contributed by atoms with E-state index >= 15 is 0 Å². The summed E-state index contributed by atoms with van der Waals surface area (Å²) in [6, 6.07) is 18.6. The Kier molecular flexibility index (Phi) is 9.50. The van der Waals surface area contributed by atoms with Crippen molar-refractivity contribution in [3.05, 3.63) is 100 Å². The fraction of sp³-hybridized carbons (Fsp3) is 0.222. The number of methoxy groups -OCH3 is 1. The summed E-state index contributed by atoms with van der Waals surface area (Å²) >= 11 is 1.16. The third-order valence-electron chi connectivity index (χ3n) is 6.00. The van der Waals surface area contributed by atoms with Gasteiger partial charge in [-0.25, -0.2) is 22.9 Å². The maximum Gasteiger partial charge on any atom is 0.274 e. The van der Waals surface area contributed by atoms with Crippen molar-refractivity contribution in [2.24, 2.45) is 5.14 Å². The van der Waals surface area contributed by atoms with Crippen LogP contribution in [0.15, 0.2) is 71.1 Å². The number of halogens is 1. The van der Waals surface area contributed by atoms with Crippen molar-refractivity contribution >= 4 is 41.6 Å². The van der Waals surface area contributed by atoms with Crippen LogP contribution in [0.1, 0.15) is 40.6 Å². The van der Waals surface area contributed by atoms with E-state index < -0.39 is 43.4 Å². The number of thiazole rings is 1. The van der Waals surface area contributed by atoms with E-state index in [-0.39, 0.29) is 24.2 Å². The highest BCUT2D eigenvalue weighted by molar-refractivity contribution is 7.91. The van der Waals surface area contributed by atoms with Crippen molar-refractivity contribution in [1.82, 2.24) is 19.9 Å². The van der Waals surface area contributed by atoms with E-state index in [2.05, 4.69) is 15.2 Å². The number of nitrogens with zero attached hydrogens (tertiary/aromatic N) is 3. The Labute approximate surface area is 246 Å². The number of rotatable bonds is 11. The molecule has 2 heterocycles. The SMILES string of the molecule is C.COCc1ccc(-c2ccc3nc(C(c4nnc(CNS(N)(=O)=O)o4)S(=O)(=O)Cc4ccc(F)cc4)sc3c2)cc1. The van der Waals surface area contributed by atoms with Gasteiger partial charge in [0.15, 0.2) is 15.1 Å². The summed E-state index contributed by atoms with van der Waals surface area (Å²) in [5.74, 6) is -1.43. The molecular weight excluding hydrogens is 606 g/mol. The van der Waals surface area contributed by atoms with E-state index in [9.17, 15) is 21.2 Å². The van der Waals surface area contributed by atoms with E-state index in [1.54, 1.807) is 13.2 Å². The summed E-state index contributed by atoms with van der Waals surface area (Å²) in [6.45, 7) is 0.0731. The third kappa shape index (κ3) is 7.42. The normalized spacial score (nSPS) is 12.7. The number of ether oxygens (including phenoxy) is 1. The summed E-state index contributed by atoms with van der Waals surface area (Å²) in [5, 5.41) is 11.4. The Hall–Kier alpha value is -3.60. The van der Waals surface area contributed by atoms with E-state index in [1.165, 1.54) is 24.3 Å². The summed E-state index contributed by atoms with van der Waals surface area (Å²) in [6.07, 6.45) is 0. The Morgan fingerprint density at radius 2 is 1.64 bits per heavy atom. The number of aromatic nitrogens is 3. The predicted molar refractivity (Wildman–Crippen MR) is 158 cm³/mol. The molecule has 0 fully saturated rings. The van der Waals surface area contributed by atoms with Gasteiger partial charge in [-0.1, -0.05) is 49.9 Å². The van der Waals surface area contributed by atoms with Crippen LogP contribution in [0, 0.1) is 5.82 Å². The molecule has 5 rings (SSSR count). The van der Waals surface area contributed by atoms with Gasteiger partial charge in [0.05, 0.1) is 29.1 Å². The quantitative estimate of drug-likeness (QED) is 0.216. The standard InChI is InChI=1S/C26H24FN5O6S3.CH4/c1-37-14-16-2-6-18(7-3-16)19-8-11-21-22(12-19)39-26(30-21)24(25-32-31-23(38-25)13-29-41(28,35)36)40(33,34)15-17-4-9-20(27)10-5-17;/h2-12,24,29H,13-15H2,1H3,(H2,28,35,36);1H4. The molecule has 5 aromatic rings. The minimum Gasteiger partial charge on any atom is -0.422 e. The molecule has 0 saturated heterocycles. The van der Waals surface area contributed by atoms with E-state index in [4.69, 9.17) is 14.3 Å². The minimum absolute atomic E-state index is 0. The highest BCUT2D eigenvalue weighted by Gasteiger charge is 2.37. The molecule has 1 unspecified atom stereocenters. The second-order valence-corrected chi connectivity index (χ2v) is 13.6. The lowest BCUT2D eigenvalue weighted by Gasteiger charge is -2.12. The lowest BCUT2D eigenvalue weighted by molar-refractivity contribution is 0.185. The largest absolute Gasteiger partial charge is 0.422 e. The molecule has 3 aromatic carbocycles. The first-order valence-corrected chi connectivity index (χ1v) is 16.1. The molecule has 0 saturated carbocycles. The Morgan fingerprint density at radius 3 is 2.31 bits per heavy atom. The van der Waals surface area contributed by atoms with Crippen LogP contribution in [0.25, 0.3) is 21.3 Å². The van der Waals surface area contributed by atoms with Crippen molar-refractivity contribution in [2.45, 2.75) is 31.6 Å². The first-order valence-electron chi connectivity index (χ1n) is 12.1. The molecule has 0 aliphatic carbocycles. The van der Waals surface area contributed by atoms with Gasteiger partial charge in [0.25, 0.3) is 10.2 Å². The zero-order valence-electron chi connectivity index (χ0n) is 21.5. The van der Waals surface area contributed by atoms with Crippen LogP contribution in [0.5, 0.6) is 0 Å². The van der Waals surface area contributed by atoms with Crippen molar-refractivity contribution in [2.75, 3.05) is 7.11 Å². The first kappa shape index (κ1) is 31.3.